The van der Waals surface area contributed by atoms with E-state index in [9.17, 15) is 0 Å². The van der Waals surface area contributed by atoms with E-state index >= 15 is 0 Å². The molecule has 0 aromatic heterocycles. The first kappa shape index (κ1) is 6.53. The van der Waals surface area contributed by atoms with E-state index in [0.717, 1.165) is 30.0 Å². The minimum atomic E-state index is 0.727. The Bertz CT molecular complexity index is 182. The van der Waals surface area contributed by atoms with E-state index in [4.69, 9.17) is 4.74 Å². The second-order valence-corrected chi connectivity index (χ2v) is 4.51. The Kier molecular flexibility index (Phi) is 1.21. The van der Waals surface area contributed by atoms with Crippen molar-refractivity contribution >= 4 is 7.28 Å². The molecule has 0 aromatic rings. The molecule has 3 rings (SSSR count). The van der Waals surface area contributed by atoms with Crippen LogP contribution in [0.4, 0.5) is 0 Å². The highest BCUT2D eigenvalue weighted by molar-refractivity contribution is 6.33. The van der Waals surface area contributed by atoms with Crippen molar-refractivity contribution in [2.75, 3.05) is 0 Å². The molecule has 2 heteroatoms. The summed E-state index contributed by atoms with van der Waals surface area (Å²) in [4.78, 5) is 0. The third kappa shape index (κ3) is 0.766. The summed E-state index contributed by atoms with van der Waals surface area (Å²) < 4.78 is 5.62. The number of hydrogen-bond acceptors (Lipinski definition) is 1. The van der Waals surface area contributed by atoms with Crippen LogP contribution in [0.25, 0.3) is 0 Å². The van der Waals surface area contributed by atoms with Crippen molar-refractivity contribution in [1.29, 1.82) is 0 Å². The molecule has 1 heterocycles. The lowest BCUT2D eigenvalue weighted by Crippen LogP contribution is -2.18. The predicted molar refractivity (Wildman–Crippen MR) is 46.2 cm³/mol. The van der Waals surface area contributed by atoms with Gasteiger partial charge in [-0.25, -0.2) is 0 Å². The van der Waals surface area contributed by atoms with Crippen molar-refractivity contribution < 1.29 is 4.74 Å². The fourth-order valence-corrected chi connectivity index (χ4v) is 3.44. The molecule has 0 radical (unpaired) electrons. The highest BCUT2D eigenvalue weighted by atomic mass is 16.6. The fourth-order valence-electron chi connectivity index (χ4n) is 3.44. The molecule has 1 saturated heterocycles. The molecule has 3 fully saturated rings. The van der Waals surface area contributed by atoms with Crippen LogP contribution in [0.1, 0.15) is 12.8 Å². The molecule has 0 amide bonds. The Morgan fingerprint density at radius 1 is 1.36 bits per heavy atom. The maximum Gasteiger partial charge on any atom is 0.117 e. The Morgan fingerprint density at radius 3 is 2.91 bits per heavy atom. The smallest absolute Gasteiger partial charge is 0.117 e. The van der Waals surface area contributed by atoms with Crippen LogP contribution in [0, 0.1) is 17.8 Å². The van der Waals surface area contributed by atoms with Gasteiger partial charge >= 0.3 is 0 Å². The van der Waals surface area contributed by atoms with Gasteiger partial charge in [-0.05, 0) is 30.6 Å². The quantitative estimate of drug-likeness (QED) is 0.427. The first-order valence-electron chi connectivity index (χ1n) is 5.05. The van der Waals surface area contributed by atoms with Crippen LogP contribution < -0.4 is 0 Å². The highest BCUT2D eigenvalue weighted by Gasteiger charge is 2.62. The first-order valence-corrected chi connectivity index (χ1v) is 5.05. The Morgan fingerprint density at radius 2 is 2.27 bits per heavy atom. The van der Waals surface area contributed by atoms with Gasteiger partial charge in [-0.1, -0.05) is 13.1 Å². The molecule has 60 valence electrons. The van der Waals surface area contributed by atoms with E-state index in [1.54, 1.807) is 0 Å². The zero-order valence-electron chi connectivity index (χ0n) is 7.12. The topological polar surface area (TPSA) is 12.5 Å². The van der Waals surface area contributed by atoms with Gasteiger partial charge in [0.1, 0.15) is 7.28 Å². The van der Waals surface area contributed by atoms with Crippen LogP contribution in [0.2, 0.25) is 13.1 Å². The number of hydrogen-bond donors (Lipinski definition) is 0. The lowest BCUT2D eigenvalue weighted by atomic mass is 9.68. The summed E-state index contributed by atoms with van der Waals surface area (Å²) in [6, 6.07) is 0. The molecule has 2 bridgehead atoms. The number of ether oxygens (including phenoxy) is 1. The minimum absolute atomic E-state index is 0.727. The molecule has 5 unspecified atom stereocenters. The van der Waals surface area contributed by atoms with E-state index in [0.29, 0.717) is 0 Å². The van der Waals surface area contributed by atoms with Gasteiger partial charge in [-0.3, -0.25) is 0 Å². The Hall–Kier alpha value is 0.0249. The molecule has 1 nitrogen and oxygen atoms in total. The molecule has 2 saturated carbocycles. The largest absolute Gasteiger partial charge is 0.369 e. The maximum atomic E-state index is 5.62. The van der Waals surface area contributed by atoms with E-state index < -0.39 is 0 Å². The van der Waals surface area contributed by atoms with Crippen molar-refractivity contribution in [2.45, 2.75) is 38.2 Å². The summed E-state index contributed by atoms with van der Waals surface area (Å²) in [5, 5.41) is 0. The standard InChI is InChI=1S/C9H15BO/c1-10-4-6-2-5-3-7(6)9-8(5)11-9/h5-10H,2-4H2,1H3. The summed E-state index contributed by atoms with van der Waals surface area (Å²) in [5.74, 6) is 2.99. The second kappa shape index (κ2) is 2.04. The Labute approximate surface area is 68.7 Å². The van der Waals surface area contributed by atoms with Crippen molar-refractivity contribution in [3.05, 3.63) is 0 Å². The molecule has 5 atom stereocenters. The maximum absolute atomic E-state index is 5.62. The lowest BCUT2D eigenvalue weighted by Gasteiger charge is -2.17. The highest BCUT2D eigenvalue weighted by Crippen LogP contribution is 2.59. The monoisotopic (exact) mass is 150 g/mol. The van der Waals surface area contributed by atoms with Gasteiger partial charge in [0, 0.05) is 0 Å². The van der Waals surface area contributed by atoms with Crippen LogP contribution in [0.3, 0.4) is 0 Å². The van der Waals surface area contributed by atoms with Gasteiger partial charge in [-0.15, -0.1) is 0 Å². The fraction of sp³-hybridized carbons (Fsp3) is 1.00. The van der Waals surface area contributed by atoms with E-state index in [2.05, 4.69) is 6.82 Å². The summed E-state index contributed by atoms with van der Waals surface area (Å²) in [6.45, 7) is 2.30. The first-order chi connectivity index (χ1) is 5.40. The van der Waals surface area contributed by atoms with Crippen LogP contribution in [-0.4, -0.2) is 19.5 Å². The molecule has 0 spiro atoms. The summed E-state index contributed by atoms with van der Waals surface area (Å²) >= 11 is 0. The van der Waals surface area contributed by atoms with Gasteiger partial charge in [0.25, 0.3) is 0 Å². The number of epoxide rings is 1. The Balaban J connectivity index is 1.73. The summed E-state index contributed by atoms with van der Waals surface area (Å²) in [6.07, 6.45) is 5.89. The zero-order chi connectivity index (χ0) is 7.42. The summed E-state index contributed by atoms with van der Waals surface area (Å²) in [5.41, 5.74) is 0. The molecular formula is C9H15BO. The van der Waals surface area contributed by atoms with E-state index in [1.807, 2.05) is 0 Å². The van der Waals surface area contributed by atoms with Gasteiger partial charge in [0.2, 0.25) is 0 Å². The lowest BCUT2D eigenvalue weighted by molar-refractivity contribution is 0.254. The van der Waals surface area contributed by atoms with Gasteiger partial charge < -0.3 is 4.74 Å². The van der Waals surface area contributed by atoms with Crippen molar-refractivity contribution in [3.8, 4) is 0 Å². The number of rotatable bonds is 2. The molecule has 1 aliphatic heterocycles. The zero-order valence-corrected chi connectivity index (χ0v) is 7.12. The molecule has 3 aliphatic rings. The number of fused-ring (bicyclic) bond motifs is 5. The van der Waals surface area contributed by atoms with Gasteiger partial charge in [0.15, 0.2) is 0 Å². The van der Waals surface area contributed by atoms with Crippen molar-refractivity contribution in [1.82, 2.24) is 0 Å². The van der Waals surface area contributed by atoms with Crippen LogP contribution in [0.15, 0.2) is 0 Å². The van der Waals surface area contributed by atoms with Crippen molar-refractivity contribution in [3.63, 3.8) is 0 Å². The third-order valence-electron chi connectivity index (χ3n) is 3.89. The van der Waals surface area contributed by atoms with E-state index in [1.165, 1.54) is 26.4 Å². The normalized spacial score (nSPS) is 57.7. The molecule has 2 aliphatic carbocycles. The van der Waals surface area contributed by atoms with Gasteiger partial charge in [0.05, 0.1) is 12.2 Å². The summed E-state index contributed by atoms with van der Waals surface area (Å²) in [7, 11) is 1.37. The van der Waals surface area contributed by atoms with E-state index in [-0.39, 0.29) is 0 Å². The molecule has 11 heavy (non-hydrogen) atoms. The van der Waals surface area contributed by atoms with Crippen LogP contribution in [0.5, 0.6) is 0 Å². The van der Waals surface area contributed by atoms with Gasteiger partial charge in [-0.2, -0.15) is 0 Å². The predicted octanol–water partition coefficient (Wildman–Crippen LogP) is 1.31. The van der Waals surface area contributed by atoms with Crippen molar-refractivity contribution in [2.24, 2.45) is 17.8 Å². The third-order valence-corrected chi connectivity index (χ3v) is 3.89. The second-order valence-electron chi connectivity index (χ2n) is 4.51. The van der Waals surface area contributed by atoms with Crippen LogP contribution >= 0.6 is 0 Å². The molecular weight excluding hydrogens is 135 g/mol. The average Bonchev–Trinajstić information content (AvgIpc) is 2.62. The van der Waals surface area contributed by atoms with Crippen LogP contribution in [-0.2, 0) is 4.74 Å². The average molecular weight is 150 g/mol. The SMILES string of the molecule is CBCC1CC2CC1C1OC21. The minimum Gasteiger partial charge on any atom is -0.369 e. The molecule has 0 N–H and O–H groups in total. The molecule has 0 aromatic carbocycles.